The van der Waals surface area contributed by atoms with Gasteiger partial charge in [0.1, 0.15) is 6.04 Å². The number of fused-ring (bicyclic) bond motifs is 1. The van der Waals surface area contributed by atoms with Gasteiger partial charge in [-0.05, 0) is 47.7 Å². The van der Waals surface area contributed by atoms with E-state index in [1.54, 1.807) is 12.3 Å². The first kappa shape index (κ1) is 21.9. The molecule has 5 rings (SSSR count). The lowest BCUT2D eigenvalue weighted by Crippen LogP contribution is -2.52. The minimum atomic E-state index is -2.00. The summed E-state index contributed by atoms with van der Waals surface area (Å²) in [6.45, 7) is 2.58. The van der Waals surface area contributed by atoms with Gasteiger partial charge in [0.15, 0.2) is 0 Å². The third-order valence-electron chi connectivity index (χ3n) is 6.45. The molecule has 3 aliphatic rings. The van der Waals surface area contributed by atoms with Crippen LogP contribution in [0.2, 0.25) is 0 Å². The maximum Gasteiger partial charge on any atom is 0.255 e. The number of benzene rings is 1. The number of piperidine rings is 1. The van der Waals surface area contributed by atoms with Crippen LogP contribution in [0.5, 0.6) is 0 Å². The van der Waals surface area contributed by atoms with E-state index >= 15 is 0 Å². The minimum absolute atomic E-state index is 0.195. The molecule has 0 aliphatic carbocycles. The SMILES string of the molecule is O=C1CCC(N2Cc3cc(-c4cc(CN5CC(CS(=O)[O-])C5)ccn4)ccc3C2=O)C(=O)N1. The molecule has 9 nitrogen and oxygen atoms in total. The average molecular weight is 468 g/mol. The maximum absolute atomic E-state index is 12.9. The van der Waals surface area contributed by atoms with Gasteiger partial charge < -0.3 is 9.45 Å². The molecule has 0 radical (unpaired) electrons. The second-order valence-electron chi connectivity index (χ2n) is 8.85. The number of nitrogens with zero attached hydrogens (tertiary/aromatic N) is 3. The van der Waals surface area contributed by atoms with Crippen molar-refractivity contribution >= 4 is 28.8 Å². The first-order chi connectivity index (χ1) is 15.9. The summed E-state index contributed by atoms with van der Waals surface area (Å²) in [6.07, 6.45) is 2.32. The van der Waals surface area contributed by atoms with E-state index in [4.69, 9.17) is 0 Å². The fourth-order valence-corrected chi connectivity index (χ4v) is 5.42. The third kappa shape index (κ3) is 4.46. The minimum Gasteiger partial charge on any atom is -0.772 e. The third-order valence-corrected chi connectivity index (χ3v) is 7.20. The lowest BCUT2D eigenvalue weighted by atomic mass is 10.0. The molecular formula is C23H23N4O5S-. The van der Waals surface area contributed by atoms with E-state index in [1.165, 1.54) is 4.90 Å². The number of aromatic nitrogens is 1. The lowest BCUT2D eigenvalue weighted by molar-refractivity contribution is -0.136. The molecule has 0 spiro atoms. The monoisotopic (exact) mass is 467 g/mol. The van der Waals surface area contributed by atoms with Gasteiger partial charge in [0.05, 0.1) is 5.69 Å². The molecule has 1 N–H and O–H groups in total. The van der Waals surface area contributed by atoms with Crippen LogP contribution in [0.25, 0.3) is 11.3 Å². The van der Waals surface area contributed by atoms with Gasteiger partial charge in [-0.2, -0.15) is 0 Å². The topological polar surface area (TPSA) is 123 Å². The van der Waals surface area contributed by atoms with Crippen LogP contribution in [-0.2, 0) is 33.8 Å². The molecule has 2 unspecified atom stereocenters. The summed E-state index contributed by atoms with van der Waals surface area (Å²) in [7, 11) is 0. The number of carbonyl (C=O) groups is 3. The Bertz CT molecular complexity index is 1160. The smallest absolute Gasteiger partial charge is 0.255 e. The summed E-state index contributed by atoms with van der Waals surface area (Å²) in [5, 5.41) is 2.32. The molecule has 4 heterocycles. The molecule has 33 heavy (non-hydrogen) atoms. The highest BCUT2D eigenvalue weighted by Crippen LogP contribution is 2.31. The van der Waals surface area contributed by atoms with Crippen LogP contribution >= 0.6 is 0 Å². The summed E-state index contributed by atoms with van der Waals surface area (Å²) in [5.74, 6) is -0.508. The van der Waals surface area contributed by atoms with E-state index in [-0.39, 0.29) is 29.9 Å². The number of hydrogen-bond acceptors (Lipinski definition) is 7. The van der Waals surface area contributed by atoms with Crippen molar-refractivity contribution in [3.63, 3.8) is 0 Å². The highest BCUT2D eigenvalue weighted by atomic mass is 32.2. The molecule has 2 fully saturated rings. The van der Waals surface area contributed by atoms with Gasteiger partial charge in [-0.3, -0.25) is 33.8 Å². The second kappa shape index (κ2) is 8.77. The summed E-state index contributed by atoms with van der Waals surface area (Å²) < 4.78 is 21.7. The zero-order valence-electron chi connectivity index (χ0n) is 17.9. The van der Waals surface area contributed by atoms with E-state index in [2.05, 4.69) is 15.2 Å². The van der Waals surface area contributed by atoms with Crippen molar-refractivity contribution in [2.75, 3.05) is 18.8 Å². The summed E-state index contributed by atoms with van der Waals surface area (Å²) >= 11 is -2.00. The Morgan fingerprint density at radius 3 is 2.73 bits per heavy atom. The highest BCUT2D eigenvalue weighted by Gasteiger charge is 2.39. The molecule has 10 heteroatoms. The molecule has 172 valence electrons. The quantitative estimate of drug-likeness (QED) is 0.493. The molecule has 2 saturated heterocycles. The highest BCUT2D eigenvalue weighted by molar-refractivity contribution is 7.79. The molecule has 0 bridgehead atoms. The number of rotatable bonds is 6. The number of hydrogen-bond donors (Lipinski definition) is 1. The first-order valence-electron chi connectivity index (χ1n) is 10.9. The van der Waals surface area contributed by atoms with Crippen molar-refractivity contribution in [3.8, 4) is 11.3 Å². The summed E-state index contributed by atoms with van der Waals surface area (Å²) in [4.78, 5) is 44.8. The standard InChI is InChI=1S/C23H24N4O5S/c28-21-4-3-20(22(29)25-21)27-12-17-8-16(1-2-18(17)23(27)30)19-7-14(5-6-24-19)9-26-10-15(11-26)13-33(31)32/h1-2,5-8,15,20H,3-4,9-13H2,(H,31,32)(H,25,28,29)/p-1. The van der Waals surface area contributed by atoms with Gasteiger partial charge in [0.25, 0.3) is 5.91 Å². The van der Waals surface area contributed by atoms with E-state index in [0.29, 0.717) is 18.5 Å². The Labute approximate surface area is 193 Å². The van der Waals surface area contributed by atoms with Crippen molar-refractivity contribution in [3.05, 3.63) is 53.2 Å². The number of likely N-dealkylation sites (tertiary alicyclic amines) is 1. The Morgan fingerprint density at radius 2 is 1.97 bits per heavy atom. The predicted octanol–water partition coefficient (Wildman–Crippen LogP) is 0.821. The fourth-order valence-electron chi connectivity index (χ4n) is 4.83. The van der Waals surface area contributed by atoms with Gasteiger partial charge in [0, 0.05) is 55.7 Å². The molecular weight excluding hydrogens is 444 g/mol. The van der Waals surface area contributed by atoms with Gasteiger partial charge in [-0.15, -0.1) is 0 Å². The normalized spacial score (nSPS) is 22.2. The largest absolute Gasteiger partial charge is 0.772 e. The Morgan fingerprint density at radius 1 is 1.15 bits per heavy atom. The van der Waals surface area contributed by atoms with Crippen molar-refractivity contribution < 1.29 is 23.1 Å². The van der Waals surface area contributed by atoms with E-state index in [1.807, 2.05) is 24.3 Å². The summed E-state index contributed by atoms with van der Waals surface area (Å²) in [6, 6.07) is 8.90. The molecule has 1 aromatic heterocycles. The average Bonchev–Trinajstić information content (AvgIpc) is 3.08. The van der Waals surface area contributed by atoms with Crippen LogP contribution in [0.3, 0.4) is 0 Å². The van der Waals surface area contributed by atoms with E-state index < -0.39 is 23.0 Å². The van der Waals surface area contributed by atoms with E-state index in [0.717, 1.165) is 42.0 Å². The number of amides is 3. The second-order valence-corrected chi connectivity index (χ2v) is 9.79. The fraction of sp³-hybridized carbons (Fsp3) is 0.391. The molecule has 3 amide bonds. The van der Waals surface area contributed by atoms with Crippen LogP contribution in [0.1, 0.15) is 34.3 Å². The van der Waals surface area contributed by atoms with Crippen molar-refractivity contribution in [1.29, 1.82) is 0 Å². The summed E-state index contributed by atoms with van der Waals surface area (Å²) in [5.41, 5.74) is 4.17. The first-order valence-corrected chi connectivity index (χ1v) is 12.1. The molecule has 1 aromatic carbocycles. The Hall–Kier alpha value is -2.95. The number of imide groups is 1. The Kier molecular flexibility index (Phi) is 5.81. The van der Waals surface area contributed by atoms with Gasteiger partial charge in [-0.25, -0.2) is 0 Å². The maximum atomic E-state index is 12.9. The molecule has 2 aromatic rings. The van der Waals surface area contributed by atoms with E-state index in [9.17, 15) is 23.1 Å². The number of nitrogens with one attached hydrogen (secondary N) is 1. The van der Waals surface area contributed by atoms with Crippen LogP contribution < -0.4 is 5.32 Å². The van der Waals surface area contributed by atoms with Gasteiger partial charge in [0.2, 0.25) is 11.8 Å². The van der Waals surface area contributed by atoms with Crippen molar-refractivity contribution in [2.24, 2.45) is 5.92 Å². The van der Waals surface area contributed by atoms with Gasteiger partial charge in [-0.1, -0.05) is 17.1 Å². The van der Waals surface area contributed by atoms with Crippen LogP contribution in [0, 0.1) is 5.92 Å². The molecule has 0 saturated carbocycles. The van der Waals surface area contributed by atoms with Crippen LogP contribution in [-0.4, -0.2) is 66.2 Å². The molecule has 3 aliphatic heterocycles. The lowest BCUT2D eigenvalue weighted by Gasteiger charge is -2.39. The number of pyridine rings is 1. The van der Waals surface area contributed by atoms with Crippen molar-refractivity contribution in [2.45, 2.75) is 32.0 Å². The Balaban J connectivity index is 1.29. The number of carbonyl (C=O) groups excluding carboxylic acids is 3. The van der Waals surface area contributed by atoms with Crippen LogP contribution in [0.4, 0.5) is 0 Å². The van der Waals surface area contributed by atoms with Crippen LogP contribution in [0.15, 0.2) is 36.5 Å². The zero-order valence-corrected chi connectivity index (χ0v) is 18.7. The zero-order chi connectivity index (χ0) is 23.1. The molecule has 2 atom stereocenters. The predicted molar refractivity (Wildman–Crippen MR) is 118 cm³/mol. The van der Waals surface area contributed by atoms with Crippen molar-refractivity contribution in [1.82, 2.24) is 20.1 Å². The van der Waals surface area contributed by atoms with Gasteiger partial charge >= 0.3 is 0 Å².